The molecule has 4 rings (SSSR count). The van der Waals surface area contributed by atoms with E-state index in [-0.39, 0.29) is 5.25 Å². The number of H-pyrrole nitrogens is 2. The van der Waals surface area contributed by atoms with Gasteiger partial charge in [-0.25, -0.2) is 0 Å². The zero-order valence-electron chi connectivity index (χ0n) is 9.71. The summed E-state index contributed by atoms with van der Waals surface area (Å²) in [7, 11) is 0. The summed E-state index contributed by atoms with van der Waals surface area (Å²) in [6.45, 7) is 2.21. The first-order valence-corrected chi connectivity index (χ1v) is 6.72. The summed E-state index contributed by atoms with van der Waals surface area (Å²) >= 11 is 1.81. The Labute approximate surface area is 107 Å². The van der Waals surface area contributed by atoms with Crippen molar-refractivity contribution in [2.24, 2.45) is 0 Å². The standard InChI is InChI=1S/C12H11N5S/c1-6-7-5-13-8-3-2-4-9(10(7)8)18-11(6)12-14-16-17-15-12/h2-6,11,13H,1H3,(H,14,15,16,17). The molecule has 0 fully saturated rings. The van der Waals surface area contributed by atoms with Gasteiger partial charge in [0.05, 0.1) is 5.25 Å². The van der Waals surface area contributed by atoms with E-state index in [1.807, 2.05) is 11.8 Å². The topological polar surface area (TPSA) is 70.2 Å². The molecule has 1 aromatic carbocycles. The van der Waals surface area contributed by atoms with Crippen LogP contribution in [0.5, 0.6) is 0 Å². The molecule has 3 aromatic rings. The van der Waals surface area contributed by atoms with Crippen LogP contribution < -0.4 is 0 Å². The van der Waals surface area contributed by atoms with Crippen molar-refractivity contribution in [2.75, 3.05) is 0 Å². The predicted molar refractivity (Wildman–Crippen MR) is 69.5 cm³/mol. The monoisotopic (exact) mass is 257 g/mol. The van der Waals surface area contributed by atoms with Crippen LogP contribution >= 0.6 is 11.8 Å². The summed E-state index contributed by atoms with van der Waals surface area (Å²) in [4.78, 5) is 4.63. The zero-order chi connectivity index (χ0) is 12.1. The van der Waals surface area contributed by atoms with E-state index in [0.29, 0.717) is 5.92 Å². The van der Waals surface area contributed by atoms with Gasteiger partial charge in [0, 0.05) is 27.9 Å². The summed E-state index contributed by atoms with van der Waals surface area (Å²) < 4.78 is 0. The average Bonchev–Trinajstić information content (AvgIpc) is 3.04. The Morgan fingerprint density at radius 2 is 2.28 bits per heavy atom. The molecule has 1 aliphatic heterocycles. The second-order valence-electron chi connectivity index (χ2n) is 4.52. The maximum Gasteiger partial charge on any atom is 0.188 e. The quantitative estimate of drug-likeness (QED) is 0.703. The van der Waals surface area contributed by atoms with Crippen LogP contribution in [0.2, 0.25) is 0 Å². The summed E-state index contributed by atoms with van der Waals surface area (Å²) in [6, 6.07) is 6.35. The SMILES string of the molecule is CC1c2c[nH]c3cccc(c23)SC1c1nn[nH]n1. The number of nitrogens with one attached hydrogen (secondary N) is 2. The molecule has 0 bridgehead atoms. The average molecular weight is 257 g/mol. The van der Waals surface area contributed by atoms with Gasteiger partial charge in [-0.1, -0.05) is 18.2 Å². The van der Waals surface area contributed by atoms with Gasteiger partial charge in [0.1, 0.15) is 0 Å². The van der Waals surface area contributed by atoms with E-state index in [0.717, 1.165) is 5.82 Å². The van der Waals surface area contributed by atoms with E-state index in [4.69, 9.17) is 0 Å². The molecule has 0 amide bonds. The molecule has 0 saturated carbocycles. The molecule has 0 radical (unpaired) electrons. The highest BCUT2D eigenvalue weighted by atomic mass is 32.2. The maximum atomic E-state index is 4.13. The molecule has 5 nitrogen and oxygen atoms in total. The van der Waals surface area contributed by atoms with Gasteiger partial charge >= 0.3 is 0 Å². The third kappa shape index (κ3) is 1.26. The Hall–Kier alpha value is -1.82. The van der Waals surface area contributed by atoms with E-state index in [1.54, 1.807) is 0 Å². The van der Waals surface area contributed by atoms with Crippen molar-refractivity contribution in [3.8, 4) is 0 Å². The molecule has 2 aromatic heterocycles. The summed E-state index contributed by atoms with van der Waals surface area (Å²) in [5, 5.41) is 16.0. The van der Waals surface area contributed by atoms with E-state index in [9.17, 15) is 0 Å². The molecular formula is C12H11N5S. The Morgan fingerprint density at radius 3 is 3.11 bits per heavy atom. The second kappa shape index (κ2) is 3.58. The van der Waals surface area contributed by atoms with E-state index in [2.05, 4.69) is 56.9 Å². The Kier molecular flexibility index (Phi) is 2.02. The van der Waals surface area contributed by atoms with Gasteiger partial charge in [0.15, 0.2) is 5.82 Å². The van der Waals surface area contributed by atoms with Crippen LogP contribution in [-0.4, -0.2) is 25.6 Å². The fourth-order valence-electron chi connectivity index (χ4n) is 2.60. The number of benzene rings is 1. The van der Waals surface area contributed by atoms with Crippen molar-refractivity contribution in [2.45, 2.75) is 23.0 Å². The number of hydrogen-bond donors (Lipinski definition) is 2. The molecule has 0 spiro atoms. The van der Waals surface area contributed by atoms with Crippen LogP contribution in [0, 0.1) is 0 Å². The molecular weight excluding hydrogens is 246 g/mol. The number of aromatic amines is 2. The lowest BCUT2D eigenvalue weighted by molar-refractivity contribution is 0.700. The smallest absolute Gasteiger partial charge is 0.188 e. The lowest BCUT2D eigenvalue weighted by atomic mass is 9.96. The van der Waals surface area contributed by atoms with Crippen LogP contribution in [0.4, 0.5) is 0 Å². The van der Waals surface area contributed by atoms with Crippen molar-refractivity contribution in [1.82, 2.24) is 25.6 Å². The number of aromatic nitrogens is 5. The lowest BCUT2D eigenvalue weighted by Gasteiger charge is -2.25. The van der Waals surface area contributed by atoms with Gasteiger partial charge in [-0.05, 0) is 17.7 Å². The van der Waals surface area contributed by atoms with Gasteiger partial charge in [-0.3, -0.25) is 0 Å². The largest absolute Gasteiger partial charge is 0.361 e. The van der Waals surface area contributed by atoms with Crippen molar-refractivity contribution >= 4 is 22.7 Å². The van der Waals surface area contributed by atoms with Gasteiger partial charge in [-0.2, -0.15) is 5.21 Å². The molecule has 90 valence electrons. The van der Waals surface area contributed by atoms with E-state index < -0.39 is 0 Å². The minimum Gasteiger partial charge on any atom is -0.361 e. The predicted octanol–water partition coefficient (Wildman–Crippen LogP) is 2.63. The Morgan fingerprint density at radius 1 is 1.33 bits per heavy atom. The lowest BCUT2D eigenvalue weighted by Crippen LogP contribution is -2.10. The fraction of sp³-hybridized carbons (Fsp3) is 0.250. The van der Waals surface area contributed by atoms with Gasteiger partial charge in [-0.15, -0.1) is 22.0 Å². The molecule has 2 N–H and O–H groups in total. The number of tetrazole rings is 1. The van der Waals surface area contributed by atoms with E-state index >= 15 is 0 Å². The summed E-state index contributed by atoms with van der Waals surface area (Å²) in [6.07, 6.45) is 2.10. The first-order chi connectivity index (χ1) is 8.84. The fourth-order valence-corrected chi connectivity index (χ4v) is 3.93. The molecule has 2 atom stereocenters. The molecule has 0 aliphatic carbocycles. The number of thioether (sulfide) groups is 1. The Balaban J connectivity index is 1.92. The minimum absolute atomic E-state index is 0.220. The molecule has 2 unspecified atom stereocenters. The highest BCUT2D eigenvalue weighted by Gasteiger charge is 2.32. The first kappa shape index (κ1) is 10.1. The van der Waals surface area contributed by atoms with Gasteiger partial charge in [0.2, 0.25) is 0 Å². The minimum atomic E-state index is 0.220. The van der Waals surface area contributed by atoms with Crippen LogP contribution in [0.3, 0.4) is 0 Å². The number of hydrogen-bond acceptors (Lipinski definition) is 4. The van der Waals surface area contributed by atoms with Crippen LogP contribution in [-0.2, 0) is 0 Å². The van der Waals surface area contributed by atoms with Crippen molar-refractivity contribution in [3.05, 3.63) is 35.8 Å². The summed E-state index contributed by atoms with van der Waals surface area (Å²) in [5.41, 5.74) is 2.54. The molecule has 3 heterocycles. The zero-order valence-corrected chi connectivity index (χ0v) is 10.5. The van der Waals surface area contributed by atoms with Crippen molar-refractivity contribution < 1.29 is 0 Å². The molecule has 1 aliphatic rings. The highest BCUT2D eigenvalue weighted by molar-refractivity contribution is 7.99. The van der Waals surface area contributed by atoms with E-state index in [1.165, 1.54) is 21.4 Å². The normalized spacial score (nSPS) is 22.5. The number of rotatable bonds is 1. The molecule has 0 saturated heterocycles. The second-order valence-corrected chi connectivity index (χ2v) is 5.70. The van der Waals surface area contributed by atoms with Gasteiger partial charge < -0.3 is 4.98 Å². The third-order valence-corrected chi connectivity index (χ3v) is 4.98. The van der Waals surface area contributed by atoms with Gasteiger partial charge in [0.25, 0.3) is 0 Å². The first-order valence-electron chi connectivity index (χ1n) is 5.84. The van der Waals surface area contributed by atoms with Crippen LogP contribution in [0.25, 0.3) is 10.9 Å². The molecule has 6 heteroatoms. The van der Waals surface area contributed by atoms with Crippen LogP contribution in [0.1, 0.15) is 29.5 Å². The maximum absolute atomic E-state index is 4.13. The summed E-state index contributed by atoms with van der Waals surface area (Å²) in [5.74, 6) is 1.15. The third-order valence-electron chi connectivity index (χ3n) is 3.51. The highest BCUT2D eigenvalue weighted by Crippen LogP contribution is 2.52. The van der Waals surface area contributed by atoms with Crippen molar-refractivity contribution in [3.63, 3.8) is 0 Å². The Bertz CT molecular complexity index is 702. The van der Waals surface area contributed by atoms with Crippen molar-refractivity contribution in [1.29, 1.82) is 0 Å². The molecule has 18 heavy (non-hydrogen) atoms. The van der Waals surface area contributed by atoms with Crippen LogP contribution in [0.15, 0.2) is 29.3 Å². The number of nitrogens with zero attached hydrogens (tertiary/aromatic N) is 3.